The topological polar surface area (TPSA) is 96.3 Å². The zero-order valence-corrected chi connectivity index (χ0v) is 21.5. The summed E-state index contributed by atoms with van der Waals surface area (Å²) in [6, 6.07) is 7.53. The lowest BCUT2D eigenvalue weighted by Gasteiger charge is -2.44. The van der Waals surface area contributed by atoms with E-state index in [0.29, 0.717) is 12.1 Å². The highest BCUT2D eigenvalue weighted by Crippen LogP contribution is 2.35. The monoisotopic (exact) mass is 479 g/mol. The van der Waals surface area contributed by atoms with Crippen molar-refractivity contribution in [3.8, 4) is 0 Å². The number of rotatable bonds is 7. The molecule has 1 aromatic heterocycles. The second-order valence-corrected chi connectivity index (χ2v) is 10.7. The van der Waals surface area contributed by atoms with Crippen LogP contribution in [0.3, 0.4) is 0 Å². The molecule has 3 atom stereocenters. The van der Waals surface area contributed by atoms with E-state index in [4.69, 9.17) is 0 Å². The van der Waals surface area contributed by atoms with E-state index >= 15 is 0 Å². The standard InChI is InChI=1S/C27H37N5O3/c1-15(2)11-22-25(33)29-23(20-13-18-9-7-8-10-19(18)14-20)27(35)32(22)24(26(34)28-16(3)4)21-12-17(5)30-31(21)6/h7-10,12,15-16,20,22-24H,11,13-14H2,1-6H3,(H,28,34)(H,29,33)/t22?,23-,24?/m1/s1. The van der Waals surface area contributed by atoms with Crippen molar-refractivity contribution in [3.63, 3.8) is 0 Å². The Balaban J connectivity index is 1.76. The molecule has 1 saturated heterocycles. The maximum atomic E-state index is 14.2. The number of hydrogen-bond acceptors (Lipinski definition) is 4. The highest BCUT2D eigenvalue weighted by Gasteiger charge is 2.50. The molecule has 1 aromatic carbocycles. The Hall–Kier alpha value is -3.16. The first kappa shape index (κ1) is 24.9. The second-order valence-electron chi connectivity index (χ2n) is 10.7. The molecule has 8 nitrogen and oxygen atoms in total. The van der Waals surface area contributed by atoms with Crippen LogP contribution < -0.4 is 10.6 Å². The quantitative estimate of drug-likeness (QED) is 0.638. The van der Waals surface area contributed by atoms with Crippen molar-refractivity contribution in [2.45, 2.75) is 78.0 Å². The van der Waals surface area contributed by atoms with E-state index in [1.54, 1.807) is 16.6 Å². The van der Waals surface area contributed by atoms with Gasteiger partial charge in [-0.1, -0.05) is 38.1 Å². The van der Waals surface area contributed by atoms with E-state index in [-0.39, 0.29) is 35.6 Å². The fraction of sp³-hybridized carbons (Fsp3) is 0.556. The second kappa shape index (κ2) is 9.84. The molecule has 2 aromatic rings. The summed E-state index contributed by atoms with van der Waals surface area (Å²) in [4.78, 5) is 42.9. The Kier molecular flexibility index (Phi) is 7.01. The van der Waals surface area contributed by atoms with Gasteiger partial charge in [0.1, 0.15) is 12.1 Å². The summed E-state index contributed by atoms with van der Waals surface area (Å²) in [5, 5.41) is 10.5. The Morgan fingerprint density at radius 3 is 2.29 bits per heavy atom. The fourth-order valence-electron chi connectivity index (χ4n) is 5.53. The number of hydrogen-bond donors (Lipinski definition) is 2. The predicted octanol–water partition coefficient (Wildman–Crippen LogP) is 2.45. The van der Waals surface area contributed by atoms with Crippen LogP contribution in [0, 0.1) is 18.8 Å². The number of nitrogens with one attached hydrogen (secondary N) is 2. The third kappa shape index (κ3) is 4.97. The first-order chi connectivity index (χ1) is 16.6. The average molecular weight is 480 g/mol. The zero-order valence-electron chi connectivity index (χ0n) is 21.5. The zero-order chi connectivity index (χ0) is 25.4. The van der Waals surface area contributed by atoms with Crippen LogP contribution in [0.5, 0.6) is 0 Å². The number of carbonyl (C=O) groups excluding carboxylic acids is 3. The van der Waals surface area contributed by atoms with E-state index in [0.717, 1.165) is 18.5 Å². The highest BCUT2D eigenvalue weighted by molar-refractivity contribution is 6.00. The summed E-state index contributed by atoms with van der Waals surface area (Å²) < 4.78 is 1.65. The van der Waals surface area contributed by atoms with Crippen molar-refractivity contribution in [3.05, 3.63) is 52.8 Å². The molecular formula is C27H37N5O3. The Morgan fingerprint density at radius 2 is 1.77 bits per heavy atom. The normalized spacial score (nSPS) is 21.4. The van der Waals surface area contributed by atoms with Gasteiger partial charge in [0.05, 0.1) is 11.4 Å². The van der Waals surface area contributed by atoms with Crippen LogP contribution in [0.4, 0.5) is 0 Å². The van der Waals surface area contributed by atoms with Crippen molar-refractivity contribution in [2.75, 3.05) is 0 Å². The Bertz CT molecular complexity index is 1100. The number of amides is 3. The summed E-state index contributed by atoms with van der Waals surface area (Å²) in [6.45, 7) is 9.67. The van der Waals surface area contributed by atoms with Gasteiger partial charge in [-0.15, -0.1) is 0 Å². The summed E-state index contributed by atoms with van der Waals surface area (Å²) in [6.07, 6.45) is 1.92. The molecule has 2 unspecified atom stereocenters. The number of aromatic nitrogens is 2. The van der Waals surface area contributed by atoms with Gasteiger partial charge in [-0.25, -0.2) is 0 Å². The Labute approximate surface area is 207 Å². The smallest absolute Gasteiger partial charge is 0.249 e. The number of aryl methyl sites for hydroxylation is 2. The minimum atomic E-state index is -0.947. The third-order valence-electron chi connectivity index (χ3n) is 6.98. The lowest BCUT2D eigenvalue weighted by atomic mass is 9.88. The summed E-state index contributed by atoms with van der Waals surface area (Å²) in [5.74, 6) is -0.576. The van der Waals surface area contributed by atoms with Gasteiger partial charge in [-0.05, 0) is 69.1 Å². The van der Waals surface area contributed by atoms with E-state index in [1.165, 1.54) is 11.1 Å². The molecule has 1 fully saturated rings. The van der Waals surface area contributed by atoms with Crippen molar-refractivity contribution < 1.29 is 14.4 Å². The number of carbonyl (C=O) groups is 3. The summed E-state index contributed by atoms with van der Waals surface area (Å²) >= 11 is 0. The van der Waals surface area contributed by atoms with Crippen LogP contribution in [0.1, 0.15) is 62.7 Å². The van der Waals surface area contributed by atoms with Gasteiger partial charge in [0, 0.05) is 13.1 Å². The molecule has 2 aliphatic rings. The van der Waals surface area contributed by atoms with Gasteiger partial charge in [-0.2, -0.15) is 5.10 Å². The van der Waals surface area contributed by atoms with Gasteiger partial charge >= 0.3 is 0 Å². The molecule has 8 heteroatoms. The molecule has 2 heterocycles. The van der Waals surface area contributed by atoms with Gasteiger partial charge < -0.3 is 15.5 Å². The molecule has 0 radical (unpaired) electrons. The van der Waals surface area contributed by atoms with Crippen LogP contribution in [-0.2, 0) is 34.3 Å². The SMILES string of the molecule is Cc1cc(C(C(=O)NC(C)C)N2C(=O)[C@@H](C3Cc4ccccc4C3)NC(=O)C2CC(C)C)n(C)n1. The molecule has 35 heavy (non-hydrogen) atoms. The van der Waals surface area contributed by atoms with E-state index in [2.05, 4.69) is 27.9 Å². The van der Waals surface area contributed by atoms with Gasteiger partial charge in [0.15, 0.2) is 6.04 Å². The van der Waals surface area contributed by atoms with Crippen molar-refractivity contribution in [2.24, 2.45) is 18.9 Å². The largest absolute Gasteiger partial charge is 0.352 e. The maximum Gasteiger partial charge on any atom is 0.249 e. The lowest BCUT2D eigenvalue weighted by molar-refractivity contribution is -0.158. The molecular weight excluding hydrogens is 442 g/mol. The van der Waals surface area contributed by atoms with Gasteiger partial charge in [0.2, 0.25) is 17.7 Å². The van der Waals surface area contributed by atoms with Crippen LogP contribution >= 0.6 is 0 Å². The molecule has 188 valence electrons. The Morgan fingerprint density at radius 1 is 1.14 bits per heavy atom. The minimum absolute atomic E-state index is 0.0477. The minimum Gasteiger partial charge on any atom is -0.352 e. The number of fused-ring (bicyclic) bond motifs is 1. The lowest BCUT2D eigenvalue weighted by Crippen LogP contribution is -2.67. The molecule has 2 N–H and O–H groups in total. The van der Waals surface area contributed by atoms with Crippen LogP contribution in [0.25, 0.3) is 0 Å². The molecule has 3 amide bonds. The molecule has 0 saturated carbocycles. The molecule has 4 rings (SSSR count). The number of piperazine rings is 1. The van der Waals surface area contributed by atoms with Crippen LogP contribution in [-0.4, -0.2) is 50.5 Å². The first-order valence-electron chi connectivity index (χ1n) is 12.6. The van der Waals surface area contributed by atoms with E-state index in [9.17, 15) is 14.4 Å². The number of benzene rings is 1. The van der Waals surface area contributed by atoms with Crippen molar-refractivity contribution in [1.82, 2.24) is 25.3 Å². The number of nitrogens with zero attached hydrogens (tertiary/aromatic N) is 3. The van der Waals surface area contributed by atoms with Crippen LogP contribution in [0.2, 0.25) is 0 Å². The molecule has 1 aliphatic carbocycles. The van der Waals surface area contributed by atoms with Gasteiger partial charge in [-0.3, -0.25) is 19.1 Å². The maximum absolute atomic E-state index is 14.2. The summed E-state index contributed by atoms with van der Waals surface area (Å²) in [5.41, 5.74) is 3.78. The van der Waals surface area contributed by atoms with Crippen molar-refractivity contribution in [1.29, 1.82) is 0 Å². The molecule has 1 aliphatic heterocycles. The fourth-order valence-corrected chi connectivity index (χ4v) is 5.53. The first-order valence-corrected chi connectivity index (χ1v) is 12.6. The molecule has 0 bridgehead atoms. The van der Waals surface area contributed by atoms with E-state index < -0.39 is 18.1 Å². The van der Waals surface area contributed by atoms with Gasteiger partial charge in [0.25, 0.3) is 0 Å². The van der Waals surface area contributed by atoms with E-state index in [1.807, 2.05) is 52.8 Å². The predicted molar refractivity (Wildman–Crippen MR) is 133 cm³/mol. The van der Waals surface area contributed by atoms with Crippen LogP contribution in [0.15, 0.2) is 30.3 Å². The third-order valence-corrected chi connectivity index (χ3v) is 6.98. The van der Waals surface area contributed by atoms with Crippen molar-refractivity contribution >= 4 is 17.7 Å². The average Bonchev–Trinajstić information content (AvgIpc) is 3.34. The summed E-state index contributed by atoms with van der Waals surface area (Å²) in [7, 11) is 1.77. The highest BCUT2D eigenvalue weighted by atomic mass is 16.2. The molecule has 0 spiro atoms.